The van der Waals surface area contributed by atoms with E-state index in [1.807, 2.05) is 4.90 Å². The highest BCUT2D eigenvalue weighted by Crippen LogP contribution is 2.26. The van der Waals surface area contributed by atoms with Gasteiger partial charge in [-0.1, -0.05) is 26.7 Å². The van der Waals surface area contributed by atoms with Gasteiger partial charge in [0.1, 0.15) is 0 Å². The molecule has 98 valence electrons. The number of hydrogen-bond donors (Lipinski definition) is 0. The van der Waals surface area contributed by atoms with E-state index in [0.717, 1.165) is 25.9 Å². The van der Waals surface area contributed by atoms with Crippen molar-refractivity contribution < 1.29 is 14.7 Å². The van der Waals surface area contributed by atoms with E-state index in [2.05, 4.69) is 0 Å². The van der Waals surface area contributed by atoms with Crippen LogP contribution in [-0.2, 0) is 9.59 Å². The number of carboxylic acid groups (broad SMARTS) is 1. The smallest absolute Gasteiger partial charge is 0.223 e. The summed E-state index contributed by atoms with van der Waals surface area (Å²) >= 11 is 0. The summed E-state index contributed by atoms with van der Waals surface area (Å²) in [6.45, 7) is 5.25. The number of likely N-dealkylation sites (tertiary alicyclic amines) is 1. The number of amides is 1. The van der Waals surface area contributed by atoms with Crippen molar-refractivity contribution in [3.05, 3.63) is 0 Å². The molecular formula is C13H22NO3-. The van der Waals surface area contributed by atoms with Gasteiger partial charge in [0, 0.05) is 25.5 Å². The van der Waals surface area contributed by atoms with E-state index >= 15 is 0 Å². The lowest BCUT2D eigenvalue weighted by molar-refractivity contribution is -0.307. The van der Waals surface area contributed by atoms with Gasteiger partial charge < -0.3 is 14.8 Å². The Hall–Kier alpha value is -1.06. The molecule has 1 aliphatic rings. The number of carboxylic acids is 1. The van der Waals surface area contributed by atoms with Crippen LogP contribution in [-0.4, -0.2) is 29.9 Å². The molecule has 0 spiro atoms. The summed E-state index contributed by atoms with van der Waals surface area (Å²) in [5, 5.41) is 10.6. The molecule has 1 rings (SSSR count). The van der Waals surface area contributed by atoms with Crippen molar-refractivity contribution in [2.24, 2.45) is 5.41 Å². The quantitative estimate of drug-likeness (QED) is 0.735. The second kappa shape index (κ2) is 6.03. The summed E-state index contributed by atoms with van der Waals surface area (Å²) in [7, 11) is 0. The lowest BCUT2D eigenvalue weighted by Crippen LogP contribution is -2.37. The Morgan fingerprint density at radius 1 is 1.06 bits per heavy atom. The average Bonchev–Trinajstić information content (AvgIpc) is 2.41. The van der Waals surface area contributed by atoms with E-state index in [1.54, 1.807) is 13.8 Å². The van der Waals surface area contributed by atoms with Crippen LogP contribution in [0, 0.1) is 5.41 Å². The summed E-state index contributed by atoms with van der Waals surface area (Å²) < 4.78 is 0. The number of hydrogen-bond acceptors (Lipinski definition) is 3. The van der Waals surface area contributed by atoms with E-state index in [1.165, 1.54) is 12.8 Å². The first-order chi connectivity index (χ1) is 7.91. The van der Waals surface area contributed by atoms with Gasteiger partial charge in [-0.15, -0.1) is 0 Å². The zero-order valence-electron chi connectivity index (χ0n) is 10.8. The average molecular weight is 240 g/mol. The third kappa shape index (κ3) is 5.20. The Labute approximate surface area is 103 Å². The van der Waals surface area contributed by atoms with Gasteiger partial charge >= 0.3 is 0 Å². The normalized spacial score (nSPS) is 17.6. The van der Waals surface area contributed by atoms with Crippen molar-refractivity contribution in [3.63, 3.8) is 0 Å². The maximum absolute atomic E-state index is 12.1. The fraction of sp³-hybridized carbons (Fsp3) is 0.846. The summed E-state index contributed by atoms with van der Waals surface area (Å²) in [5.41, 5.74) is -0.512. The molecule has 0 bridgehead atoms. The lowest BCUT2D eigenvalue weighted by atomic mass is 9.85. The largest absolute Gasteiger partial charge is 0.550 e. The van der Waals surface area contributed by atoms with Gasteiger partial charge in [0.25, 0.3) is 0 Å². The molecule has 0 aromatic carbocycles. The highest BCUT2D eigenvalue weighted by Gasteiger charge is 2.25. The van der Waals surface area contributed by atoms with Crippen LogP contribution in [0.5, 0.6) is 0 Å². The molecule has 1 aliphatic heterocycles. The van der Waals surface area contributed by atoms with Crippen molar-refractivity contribution in [2.75, 3.05) is 13.1 Å². The number of rotatable bonds is 4. The molecule has 0 aromatic heterocycles. The minimum Gasteiger partial charge on any atom is -0.550 e. The number of aliphatic carboxylic acids is 1. The van der Waals surface area contributed by atoms with Crippen LogP contribution in [0.3, 0.4) is 0 Å². The molecule has 0 aliphatic carbocycles. The van der Waals surface area contributed by atoms with Gasteiger partial charge in [-0.05, 0) is 24.7 Å². The van der Waals surface area contributed by atoms with Crippen LogP contribution in [0.4, 0.5) is 0 Å². The fourth-order valence-corrected chi connectivity index (χ4v) is 2.29. The van der Waals surface area contributed by atoms with Gasteiger partial charge in [-0.3, -0.25) is 4.79 Å². The van der Waals surface area contributed by atoms with Gasteiger partial charge in [0.15, 0.2) is 0 Å². The van der Waals surface area contributed by atoms with Crippen LogP contribution in [0.1, 0.15) is 52.4 Å². The van der Waals surface area contributed by atoms with Crippen molar-refractivity contribution in [1.29, 1.82) is 0 Å². The molecule has 0 saturated carbocycles. The summed E-state index contributed by atoms with van der Waals surface area (Å²) in [4.78, 5) is 24.5. The fourth-order valence-electron chi connectivity index (χ4n) is 2.29. The first kappa shape index (κ1) is 14.0. The first-order valence-electron chi connectivity index (χ1n) is 6.38. The van der Waals surface area contributed by atoms with Gasteiger partial charge in [-0.2, -0.15) is 0 Å². The molecule has 0 atom stereocenters. The second-order valence-electron chi connectivity index (χ2n) is 5.68. The first-order valence-corrected chi connectivity index (χ1v) is 6.38. The van der Waals surface area contributed by atoms with E-state index < -0.39 is 11.4 Å². The minimum atomic E-state index is -1.08. The monoisotopic (exact) mass is 240 g/mol. The maximum atomic E-state index is 12.1. The Bertz CT molecular complexity index is 278. The number of carbonyl (C=O) groups is 2. The highest BCUT2D eigenvalue weighted by atomic mass is 16.4. The molecule has 0 N–H and O–H groups in total. The lowest BCUT2D eigenvalue weighted by Gasteiger charge is -2.28. The SMILES string of the molecule is CC(C)(CC(=O)[O-])CC(=O)N1CCCCCC1. The molecule has 17 heavy (non-hydrogen) atoms. The minimum absolute atomic E-state index is 0.0629. The Balaban J connectivity index is 2.48. The predicted molar refractivity (Wildman–Crippen MR) is 63.1 cm³/mol. The van der Waals surface area contributed by atoms with E-state index in [-0.39, 0.29) is 12.3 Å². The molecule has 1 fully saturated rings. The Morgan fingerprint density at radius 2 is 1.59 bits per heavy atom. The Morgan fingerprint density at radius 3 is 2.06 bits per heavy atom. The molecule has 4 nitrogen and oxygen atoms in total. The van der Waals surface area contributed by atoms with Crippen molar-refractivity contribution >= 4 is 11.9 Å². The van der Waals surface area contributed by atoms with Crippen LogP contribution >= 0.6 is 0 Å². The summed E-state index contributed by atoms with van der Waals surface area (Å²) in [5.74, 6) is -1.00. The zero-order valence-corrected chi connectivity index (χ0v) is 10.8. The van der Waals surface area contributed by atoms with Gasteiger partial charge in [0.2, 0.25) is 5.91 Å². The highest BCUT2D eigenvalue weighted by molar-refractivity contribution is 5.77. The van der Waals surface area contributed by atoms with Crippen LogP contribution in [0.2, 0.25) is 0 Å². The maximum Gasteiger partial charge on any atom is 0.223 e. The second-order valence-corrected chi connectivity index (χ2v) is 5.68. The number of carbonyl (C=O) groups excluding carboxylic acids is 2. The molecular weight excluding hydrogens is 218 g/mol. The predicted octanol–water partition coefficient (Wildman–Crippen LogP) is 0.945. The zero-order chi connectivity index (χ0) is 12.9. The molecule has 0 radical (unpaired) electrons. The number of nitrogens with zero attached hydrogens (tertiary/aromatic N) is 1. The molecule has 1 saturated heterocycles. The molecule has 1 heterocycles. The van der Waals surface area contributed by atoms with Crippen LogP contribution in [0.25, 0.3) is 0 Å². The van der Waals surface area contributed by atoms with Gasteiger partial charge in [0.05, 0.1) is 0 Å². The standard InChI is InChI=1S/C13H23NO3/c1-13(2,10-12(16)17)9-11(15)14-7-5-3-4-6-8-14/h3-10H2,1-2H3,(H,16,17)/p-1. The van der Waals surface area contributed by atoms with Crippen LogP contribution in [0.15, 0.2) is 0 Å². The molecule has 1 amide bonds. The van der Waals surface area contributed by atoms with E-state index in [4.69, 9.17) is 0 Å². The van der Waals surface area contributed by atoms with E-state index in [9.17, 15) is 14.7 Å². The van der Waals surface area contributed by atoms with E-state index in [0.29, 0.717) is 6.42 Å². The van der Waals surface area contributed by atoms with Crippen molar-refractivity contribution in [3.8, 4) is 0 Å². The van der Waals surface area contributed by atoms with Crippen molar-refractivity contribution in [1.82, 2.24) is 4.90 Å². The third-order valence-corrected chi connectivity index (χ3v) is 3.21. The van der Waals surface area contributed by atoms with Gasteiger partial charge in [-0.25, -0.2) is 0 Å². The molecule has 4 heteroatoms. The van der Waals surface area contributed by atoms with Crippen molar-refractivity contribution in [2.45, 2.75) is 52.4 Å². The third-order valence-electron chi connectivity index (χ3n) is 3.21. The topological polar surface area (TPSA) is 60.4 Å². The molecule has 0 aromatic rings. The molecule has 0 unspecified atom stereocenters. The summed E-state index contributed by atoms with van der Waals surface area (Å²) in [6, 6.07) is 0. The summed E-state index contributed by atoms with van der Waals surface area (Å²) in [6.07, 6.45) is 4.73. The Kier molecular flexibility index (Phi) is 4.97. The van der Waals surface area contributed by atoms with Crippen LogP contribution < -0.4 is 5.11 Å².